The number of aromatic amines is 1. The van der Waals surface area contributed by atoms with E-state index in [0.717, 1.165) is 24.3 Å². The van der Waals surface area contributed by atoms with Crippen LogP contribution in [-0.4, -0.2) is 10.9 Å². The van der Waals surface area contributed by atoms with Crippen LogP contribution in [0.1, 0.15) is 47.8 Å². The third-order valence-electron chi connectivity index (χ3n) is 4.27. The zero-order chi connectivity index (χ0) is 13.4. The van der Waals surface area contributed by atoms with E-state index in [1.807, 2.05) is 12.1 Å². The molecule has 1 aliphatic rings. The summed E-state index contributed by atoms with van der Waals surface area (Å²) >= 11 is 0. The molecule has 1 aromatic heterocycles. The first kappa shape index (κ1) is 12.3. The van der Waals surface area contributed by atoms with Crippen molar-refractivity contribution in [2.75, 3.05) is 0 Å². The Hall–Kier alpha value is -1.77. The van der Waals surface area contributed by atoms with Crippen molar-refractivity contribution >= 4 is 16.8 Å². The van der Waals surface area contributed by atoms with Gasteiger partial charge in [0.2, 0.25) is 5.91 Å². The molecule has 3 heteroatoms. The molecule has 0 fully saturated rings. The van der Waals surface area contributed by atoms with E-state index in [1.165, 1.54) is 35.9 Å². The van der Waals surface area contributed by atoms with Crippen molar-refractivity contribution in [3.05, 3.63) is 35.0 Å². The zero-order valence-corrected chi connectivity index (χ0v) is 11.3. The van der Waals surface area contributed by atoms with Crippen LogP contribution in [0, 0.1) is 5.92 Å². The van der Waals surface area contributed by atoms with Gasteiger partial charge in [0.05, 0.1) is 0 Å². The molecule has 0 saturated heterocycles. The highest BCUT2D eigenvalue weighted by Gasteiger charge is 2.22. The van der Waals surface area contributed by atoms with Crippen LogP contribution in [0.5, 0.6) is 0 Å². The monoisotopic (exact) mass is 256 g/mol. The lowest BCUT2D eigenvalue weighted by atomic mass is 9.84. The molecule has 0 spiro atoms. The third-order valence-corrected chi connectivity index (χ3v) is 4.27. The molecule has 100 valence electrons. The minimum absolute atomic E-state index is 0.349. The zero-order valence-electron chi connectivity index (χ0n) is 11.3. The quantitative estimate of drug-likeness (QED) is 0.870. The Balaban J connectivity index is 2.05. The lowest BCUT2D eigenvalue weighted by Gasteiger charge is -2.21. The van der Waals surface area contributed by atoms with Gasteiger partial charge in [-0.3, -0.25) is 4.79 Å². The van der Waals surface area contributed by atoms with Crippen LogP contribution in [0.3, 0.4) is 0 Å². The standard InChI is InChI=1S/C16H20N2O/c1-2-3-10-4-6-14-12(8-10)13-9-11(16(17)19)5-7-15(13)18-14/h5,7,9-10,18H,2-4,6,8H2,1H3,(H2,17,19). The maximum atomic E-state index is 11.3. The number of carbonyl (C=O) groups excluding carboxylic acids is 1. The van der Waals surface area contributed by atoms with Gasteiger partial charge in [-0.1, -0.05) is 19.8 Å². The SMILES string of the molecule is CCCC1CCc2[nH]c3ccc(C(N)=O)cc3c2C1. The maximum Gasteiger partial charge on any atom is 0.248 e. The molecule has 1 unspecified atom stereocenters. The second-order valence-corrected chi connectivity index (χ2v) is 5.60. The van der Waals surface area contributed by atoms with Crippen molar-refractivity contribution in [2.24, 2.45) is 11.7 Å². The van der Waals surface area contributed by atoms with Gasteiger partial charge in [-0.05, 0) is 48.9 Å². The number of aromatic nitrogens is 1. The number of carbonyl (C=O) groups is 1. The second kappa shape index (κ2) is 4.72. The summed E-state index contributed by atoms with van der Waals surface area (Å²) in [6, 6.07) is 5.72. The molecular formula is C16H20N2O. The summed E-state index contributed by atoms with van der Waals surface area (Å²) in [5.41, 5.74) is 9.87. The van der Waals surface area contributed by atoms with E-state index < -0.39 is 0 Å². The molecule has 0 bridgehead atoms. The summed E-state index contributed by atoms with van der Waals surface area (Å²) in [5, 5.41) is 1.19. The molecule has 3 nitrogen and oxygen atoms in total. The average molecular weight is 256 g/mol. The molecule has 1 aromatic carbocycles. The van der Waals surface area contributed by atoms with E-state index in [-0.39, 0.29) is 5.91 Å². The minimum Gasteiger partial charge on any atom is -0.366 e. The summed E-state index contributed by atoms with van der Waals surface area (Å²) in [6.07, 6.45) is 6.07. The number of primary amides is 1. The minimum atomic E-state index is -0.349. The number of amides is 1. The fourth-order valence-corrected chi connectivity index (χ4v) is 3.30. The highest BCUT2D eigenvalue weighted by molar-refractivity contribution is 5.98. The lowest BCUT2D eigenvalue weighted by molar-refractivity contribution is 0.100. The summed E-state index contributed by atoms with van der Waals surface area (Å²) in [6.45, 7) is 2.25. The maximum absolute atomic E-state index is 11.3. The van der Waals surface area contributed by atoms with E-state index in [1.54, 1.807) is 6.07 Å². The van der Waals surface area contributed by atoms with Crippen LogP contribution >= 0.6 is 0 Å². The summed E-state index contributed by atoms with van der Waals surface area (Å²) < 4.78 is 0. The van der Waals surface area contributed by atoms with Gasteiger partial charge < -0.3 is 10.7 Å². The molecule has 3 N–H and O–H groups in total. The number of hydrogen-bond acceptors (Lipinski definition) is 1. The molecule has 1 aliphatic carbocycles. The number of hydrogen-bond donors (Lipinski definition) is 2. The molecule has 0 radical (unpaired) electrons. The molecule has 19 heavy (non-hydrogen) atoms. The van der Waals surface area contributed by atoms with E-state index in [4.69, 9.17) is 5.73 Å². The van der Waals surface area contributed by atoms with E-state index in [0.29, 0.717) is 5.56 Å². The van der Waals surface area contributed by atoms with Crippen molar-refractivity contribution < 1.29 is 4.79 Å². The van der Waals surface area contributed by atoms with Crippen molar-refractivity contribution in [1.82, 2.24) is 4.98 Å². The summed E-state index contributed by atoms with van der Waals surface area (Å²) in [4.78, 5) is 14.8. The normalized spacial score (nSPS) is 18.5. The number of nitrogens with two attached hydrogens (primary N) is 1. The van der Waals surface area contributed by atoms with Crippen molar-refractivity contribution in [3.8, 4) is 0 Å². The Kier molecular flexibility index (Phi) is 3.05. The Morgan fingerprint density at radius 2 is 2.32 bits per heavy atom. The highest BCUT2D eigenvalue weighted by atomic mass is 16.1. The Morgan fingerprint density at radius 1 is 1.47 bits per heavy atom. The summed E-state index contributed by atoms with van der Waals surface area (Å²) in [5.74, 6) is 0.437. The molecule has 1 atom stereocenters. The number of benzene rings is 1. The fourth-order valence-electron chi connectivity index (χ4n) is 3.30. The van der Waals surface area contributed by atoms with E-state index in [9.17, 15) is 4.79 Å². The van der Waals surface area contributed by atoms with Gasteiger partial charge in [-0.15, -0.1) is 0 Å². The van der Waals surface area contributed by atoms with Crippen LogP contribution < -0.4 is 5.73 Å². The smallest absolute Gasteiger partial charge is 0.248 e. The largest absolute Gasteiger partial charge is 0.366 e. The van der Waals surface area contributed by atoms with Gasteiger partial charge >= 0.3 is 0 Å². The number of aryl methyl sites for hydroxylation is 1. The number of fused-ring (bicyclic) bond motifs is 3. The molecule has 1 amide bonds. The second-order valence-electron chi connectivity index (χ2n) is 5.60. The van der Waals surface area contributed by atoms with E-state index in [2.05, 4.69) is 11.9 Å². The van der Waals surface area contributed by atoms with Gasteiger partial charge in [0.25, 0.3) is 0 Å². The number of H-pyrrole nitrogens is 1. The Morgan fingerprint density at radius 3 is 3.05 bits per heavy atom. The van der Waals surface area contributed by atoms with Crippen molar-refractivity contribution in [2.45, 2.75) is 39.0 Å². The van der Waals surface area contributed by atoms with Gasteiger partial charge in [-0.25, -0.2) is 0 Å². The molecule has 1 heterocycles. The van der Waals surface area contributed by atoms with Crippen molar-refractivity contribution in [3.63, 3.8) is 0 Å². The predicted molar refractivity (Wildman–Crippen MR) is 77.2 cm³/mol. The first-order valence-corrected chi connectivity index (χ1v) is 7.12. The van der Waals surface area contributed by atoms with Gasteiger partial charge in [0, 0.05) is 22.2 Å². The predicted octanol–water partition coefficient (Wildman–Crippen LogP) is 3.17. The van der Waals surface area contributed by atoms with E-state index >= 15 is 0 Å². The topological polar surface area (TPSA) is 58.9 Å². The van der Waals surface area contributed by atoms with Crippen LogP contribution in [0.2, 0.25) is 0 Å². The molecule has 2 aromatic rings. The lowest BCUT2D eigenvalue weighted by Crippen LogP contribution is -2.13. The van der Waals surface area contributed by atoms with Crippen LogP contribution in [-0.2, 0) is 12.8 Å². The first-order chi connectivity index (χ1) is 9.19. The molecule has 3 rings (SSSR count). The highest BCUT2D eigenvalue weighted by Crippen LogP contribution is 2.33. The van der Waals surface area contributed by atoms with Crippen LogP contribution in [0.25, 0.3) is 10.9 Å². The van der Waals surface area contributed by atoms with Gasteiger partial charge in [-0.2, -0.15) is 0 Å². The van der Waals surface area contributed by atoms with Crippen LogP contribution in [0.4, 0.5) is 0 Å². The molecular weight excluding hydrogens is 236 g/mol. The van der Waals surface area contributed by atoms with Gasteiger partial charge in [0.1, 0.15) is 0 Å². The number of rotatable bonds is 3. The molecule has 0 saturated carbocycles. The molecule has 0 aliphatic heterocycles. The Bertz CT molecular complexity index is 627. The van der Waals surface area contributed by atoms with Crippen LogP contribution in [0.15, 0.2) is 18.2 Å². The average Bonchev–Trinajstić information content (AvgIpc) is 2.76. The first-order valence-electron chi connectivity index (χ1n) is 7.12. The fraction of sp³-hybridized carbons (Fsp3) is 0.438. The third kappa shape index (κ3) is 2.14. The number of nitrogens with one attached hydrogen (secondary N) is 1. The Labute approximate surface area is 113 Å². The summed E-state index contributed by atoms with van der Waals surface area (Å²) in [7, 11) is 0. The van der Waals surface area contributed by atoms with Gasteiger partial charge in [0.15, 0.2) is 0 Å². The van der Waals surface area contributed by atoms with Crippen molar-refractivity contribution in [1.29, 1.82) is 0 Å².